The highest BCUT2D eigenvalue weighted by Crippen LogP contribution is 2.38. The molecule has 0 atom stereocenters. The van der Waals surface area contributed by atoms with E-state index in [1.807, 2.05) is 72.8 Å². The van der Waals surface area contributed by atoms with Crippen LogP contribution in [0.3, 0.4) is 0 Å². The lowest BCUT2D eigenvalue weighted by Gasteiger charge is -2.33. The maximum Gasteiger partial charge on any atom is 0.152 e. The summed E-state index contributed by atoms with van der Waals surface area (Å²) >= 11 is 6.01. The molecule has 9 rings (SSSR count). The number of likely N-dealkylation sites (N-methyl/N-ethyl adjacent to an activating group) is 1. The van der Waals surface area contributed by atoms with E-state index in [2.05, 4.69) is 65.4 Å². The molecule has 1 saturated heterocycles. The van der Waals surface area contributed by atoms with Crippen molar-refractivity contribution in [3.63, 3.8) is 0 Å². The lowest BCUT2D eigenvalue weighted by molar-refractivity contribution is 0.312. The molecule has 0 unspecified atom stereocenters. The van der Waals surface area contributed by atoms with E-state index in [1.54, 1.807) is 30.6 Å². The van der Waals surface area contributed by atoms with Crippen LogP contribution in [0.2, 0.25) is 5.15 Å². The van der Waals surface area contributed by atoms with Crippen molar-refractivity contribution in [3.05, 3.63) is 151 Å². The molecule has 54 heavy (non-hydrogen) atoms. The fourth-order valence-corrected chi connectivity index (χ4v) is 6.95. The van der Waals surface area contributed by atoms with Gasteiger partial charge in [-0.2, -0.15) is 0 Å². The zero-order valence-electron chi connectivity index (χ0n) is 29.2. The molecule has 5 heterocycles. The number of aromatic nitrogens is 6. The third kappa shape index (κ3) is 7.09. The third-order valence-corrected chi connectivity index (χ3v) is 9.77. The molecule has 0 bridgehead atoms. The van der Waals surface area contributed by atoms with Crippen molar-refractivity contribution < 1.29 is 8.78 Å². The predicted molar refractivity (Wildman–Crippen MR) is 211 cm³/mol. The van der Waals surface area contributed by atoms with Crippen molar-refractivity contribution in [2.24, 2.45) is 0 Å². The molecule has 8 nitrogen and oxygen atoms in total. The Labute approximate surface area is 315 Å². The van der Waals surface area contributed by atoms with Crippen LogP contribution in [0, 0.1) is 11.6 Å². The monoisotopic (exact) mass is 734 g/mol. The largest absolute Gasteiger partial charge is 0.353 e. The summed E-state index contributed by atoms with van der Waals surface area (Å²) in [4.78, 5) is 12.2. The van der Waals surface area contributed by atoms with E-state index in [-0.39, 0.29) is 11.0 Å². The highest BCUT2D eigenvalue weighted by atomic mass is 35.5. The number of rotatable bonds is 5. The van der Waals surface area contributed by atoms with Gasteiger partial charge in [0.1, 0.15) is 23.0 Å². The standard InChI is InChI=1S/C24H22FN5.C19H11ClFN3/c1-29-11-13-30(14-12-29)23-15-21(19-9-10-26-16-22(19)25)24(28-27-23)20-8-4-6-17-5-2-3-7-18(17)20;20-18-10-16(14-8-9-22-11-17(14)21)19(24-23-18)15-7-3-5-12-4-1-2-6-13(12)15/h2-10,15-16H,11-14H2,1H3;1-11H. The Morgan fingerprint density at radius 3 is 1.57 bits per heavy atom. The predicted octanol–water partition coefficient (Wildman–Crippen LogP) is 9.40. The maximum absolute atomic E-state index is 14.8. The first kappa shape index (κ1) is 34.8. The number of hydrogen-bond acceptors (Lipinski definition) is 8. The summed E-state index contributed by atoms with van der Waals surface area (Å²) in [6, 6.07) is 35.0. The van der Waals surface area contributed by atoms with Gasteiger partial charge in [-0.1, -0.05) is 96.5 Å². The Kier molecular flexibility index (Phi) is 9.93. The van der Waals surface area contributed by atoms with E-state index in [9.17, 15) is 8.78 Å². The minimum atomic E-state index is -0.428. The topological polar surface area (TPSA) is 83.8 Å². The number of hydrogen-bond donors (Lipinski definition) is 0. The number of piperazine rings is 1. The molecule has 1 aliphatic heterocycles. The molecule has 11 heteroatoms. The first-order chi connectivity index (χ1) is 26.4. The van der Waals surface area contributed by atoms with Gasteiger partial charge in [-0.25, -0.2) is 8.78 Å². The van der Waals surface area contributed by atoms with Gasteiger partial charge in [0.25, 0.3) is 0 Å². The summed E-state index contributed by atoms with van der Waals surface area (Å²) in [6.07, 6.45) is 5.58. The number of benzene rings is 4. The van der Waals surface area contributed by atoms with Gasteiger partial charge in [0, 0.05) is 72.0 Å². The average molecular weight is 735 g/mol. The van der Waals surface area contributed by atoms with Crippen molar-refractivity contribution >= 4 is 39.0 Å². The maximum atomic E-state index is 14.8. The molecule has 0 aliphatic carbocycles. The normalized spacial score (nSPS) is 13.1. The lowest BCUT2D eigenvalue weighted by atomic mass is 9.96. The first-order valence-corrected chi connectivity index (χ1v) is 17.8. The summed E-state index contributed by atoms with van der Waals surface area (Å²) in [6.45, 7) is 3.67. The van der Waals surface area contributed by atoms with Gasteiger partial charge < -0.3 is 9.80 Å². The fourth-order valence-electron chi connectivity index (χ4n) is 6.80. The second-order valence-corrected chi connectivity index (χ2v) is 13.3. The molecule has 266 valence electrons. The second kappa shape index (κ2) is 15.4. The van der Waals surface area contributed by atoms with Crippen LogP contribution >= 0.6 is 11.6 Å². The zero-order chi connectivity index (χ0) is 37.0. The summed E-state index contributed by atoms with van der Waals surface area (Å²) in [7, 11) is 2.12. The summed E-state index contributed by atoms with van der Waals surface area (Å²) in [5.74, 6) is -0.0160. The highest BCUT2D eigenvalue weighted by Gasteiger charge is 2.21. The molecule has 0 saturated carbocycles. The van der Waals surface area contributed by atoms with Gasteiger partial charge in [0.2, 0.25) is 0 Å². The fraction of sp³-hybridized carbons (Fsp3) is 0.116. The average Bonchev–Trinajstić information content (AvgIpc) is 3.21. The Bertz CT molecular complexity index is 2600. The van der Waals surface area contributed by atoms with Crippen LogP contribution in [0.4, 0.5) is 14.6 Å². The molecule has 0 spiro atoms. The molecule has 4 aromatic heterocycles. The Morgan fingerprint density at radius 2 is 1.02 bits per heavy atom. The number of anilines is 1. The Hall–Kier alpha value is -6.23. The molecule has 0 amide bonds. The number of fused-ring (bicyclic) bond motifs is 2. The summed E-state index contributed by atoms with van der Waals surface area (Å²) in [5.41, 5.74) is 5.28. The first-order valence-electron chi connectivity index (χ1n) is 17.4. The summed E-state index contributed by atoms with van der Waals surface area (Å²) in [5, 5.41) is 21.9. The van der Waals surface area contributed by atoms with Crippen LogP contribution in [0.25, 0.3) is 66.3 Å². The Balaban J connectivity index is 0.000000157. The molecule has 8 aromatic rings. The third-order valence-electron chi connectivity index (χ3n) is 9.59. The van der Waals surface area contributed by atoms with Crippen LogP contribution in [0.1, 0.15) is 0 Å². The molecular formula is C43H33ClF2N8. The van der Waals surface area contributed by atoms with Crippen LogP contribution in [-0.4, -0.2) is 68.5 Å². The van der Waals surface area contributed by atoms with Crippen LogP contribution in [-0.2, 0) is 0 Å². The van der Waals surface area contributed by atoms with Crippen molar-refractivity contribution in [1.29, 1.82) is 0 Å². The molecule has 4 aromatic carbocycles. The van der Waals surface area contributed by atoms with Gasteiger partial charge >= 0.3 is 0 Å². The van der Waals surface area contributed by atoms with Crippen molar-refractivity contribution in [1.82, 2.24) is 35.3 Å². The number of nitrogens with zero attached hydrogens (tertiary/aromatic N) is 8. The quantitative estimate of drug-likeness (QED) is 0.173. The lowest BCUT2D eigenvalue weighted by Crippen LogP contribution is -2.44. The molecule has 1 fully saturated rings. The van der Waals surface area contributed by atoms with E-state index in [4.69, 9.17) is 11.6 Å². The zero-order valence-corrected chi connectivity index (χ0v) is 30.0. The molecule has 1 aliphatic rings. The number of halogens is 3. The minimum Gasteiger partial charge on any atom is -0.353 e. The molecule has 0 N–H and O–H groups in total. The van der Waals surface area contributed by atoms with E-state index in [0.717, 1.165) is 70.2 Å². The molecule has 0 radical (unpaired) electrons. The van der Waals surface area contributed by atoms with Gasteiger partial charge in [-0.15, -0.1) is 20.4 Å². The van der Waals surface area contributed by atoms with Crippen molar-refractivity contribution in [3.8, 4) is 44.8 Å². The molecular weight excluding hydrogens is 702 g/mol. The van der Waals surface area contributed by atoms with E-state index in [0.29, 0.717) is 28.1 Å². The SMILES string of the molecule is CN1CCN(c2cc(-c3ccncc3F)c(-c3cccc4ccccc34)nn2)CC1.Fc1cnccc1-c1cc(Cl)nnc1-c1cccc2ccccc12. The van der Waals surface area contributed by atoms with E-state index < -0.39 is 5.82 Å². The second-order valence-electron chi connectivity index (χ2n) is 12.9. The Morgan fingerprint density at radius 1 is 0.519 bits per heavy atom. The number of pyridine rings is 2. The van der Waals surface area contributed by atoms with E-state index >= 15 is 0 Å². The van der Waals surface area contributed by atoms with Crippen LogP contribution in [0.5, 0.6) is 0 Å². The van der Waals surface area contributed by atoms with Crippen LogP contribution < -0.4 is 4.90 Å². The van der Waals surface area contributed by atoms with Gasteiger partial charge in [-0.05, 0) is 52.9 Å². The van der Waals surface area contributed by atoms with Crippen molar-refractivity contribution in [2.45, 2.75) is 0 Å². The van der Waals surface area contributed by atoms with Crippen molar-refractivity contribution in [2.75, 3.05) is 38.1 Å². The van der Waals surface area contributed by atoms with Crippen LogP contribution in [0.15, 0.2) is 134 Å². The highest BCUT2D eigenvalue weighted by molar-refractivity contribution is 6.29. The smallest absolute Gasteiger partial charge is 0.152 e. The van der Waals surface area contributed by atoms with Gasteiger partial charge in [-0.3, -0.25) is 9.97 Å². The van der Waals surface area contributed by atoms with Gasteiger partial charge in [0.05, 0.1) is 12.4 Å². The van der Waals surface area contributed by atoms with E-state index in [1.165, 1.54) is 12.4 Å². The minimum absolute atomic E-state index is 0.213. The van der Waals surface area contributed by atoms with Gasteiger partial charge in [0.15, 0.2) is 11.0 Å². The summed E-state index contributed by atoms with van der Waals surface area (Å²) < 4.78 is 29.0.